The van der Waals surface area contributed by atoms with Crippen LogP contribution in [0.1, 0.15) is 29.2 Å². The van der Waals surface area contributed by atoms with Crippen LogP contribution in [0.5, 0.6) is 0 Å². The van der Waals surface area contributed by atoms with Gasteiger partial charge in [-0.15, -0.1) is 11.3 Å². The lowest BCUT2D eigenvalue weighted by atomic mass is 10.2. The highest BCUT2D eigenvalue weighted by molar-refractivity contribution is 7.13. The zero-order valence-electron chi connectivity index (χ0n) is 8.64. The molecule has 0 spiro atoms. The average molecular weight is 237 g/mol. The molecule has 2 heterocycles. The van der Waals surface area contributed by atoms with E-state index in [0.29, 0.717) is 16.6 Å². The number of carbonyl (C=O) groups is 1. The average Bonchev–Trinajstić information content (AvgIpc) is 2.87. The van der Waals surface area contributed by atoms with E-state index in [-0.39, 0.29) is 11.9 Å². The van der Waals surface area contributed by atoms with Crippen LogP contribution in [0.3, 0.4) is 0 Å². The molecule has 2 aromatic heterocycles. The quantitative estimate of drug-likeness (QED) is 0.853. The summed E-state index contributed by atoms with van der Waals surface area (Å²) in [6, 6.07) is 3.39. The van der Waals surface area contributed by atoms with Crippen molar-refractivity contribution in [1.82, 2.24) is 10.3 Å². The number of thiazole rings is 1. The van der Waals surface area contributed by atoms with Crippen LogP contribution in [0.4, 0.5) is 5.13 Å². The largest absolute Gasteiger partial charge is 0.467 e. The molecule has 1 atom stereocenters. The summed E-state index contributed by atoms with van der Waals surface area (Å²) in [5, 5.41) is 4.78. The Labute approximate surface area is 96.3 Å². The van der Waals surface area contributed by atoms with Crippen molar-refractivity contribution in [1.29, 1.82) is 0 Å². The van der Waals surface area contributed by atoms with Gasteiger partial charge in [0.1, 0.15) is 11.5 Å². The van der Waals surface area contributed by atoms with Crippen molar-refractivity contribution in [2.24, 2.45) is 0 Å². The van der Waals surface area contributed by atoms with Gasteiger partial charge in [-0.05, 0) is 19.1 Å². The van der Waals surface area contributed by atoms with Gasteiger partial charge in [0, 0.05) is 5.38 Å². The number of amides is 1. The second kappa shape index (κ2) is 4.36. The number of carbonyl (C=O) groups excluding carboxylic acids is 1. The first-order chi connectivity index (χ1) is 7.66. The summed E-state index contributed by atoms with van der Waals surface area (Å²) in [5.41, 5.74) is 5.78. The summed E-state index contributed by atoms with van der Waals surface area (Å²) in [4.78, 5) is 15.6. The van der Waals surface area contributed by atoms with E-state index in [1.165, 1.54) is 11.3 Å². The maximum absolute atomic E-state index is 11.7. The molecule has 0 saturated heterocycles. The number of furan rings is 1. The Bertz CT molecular complexity index is 478. The van der Waals surface area contributed by atoms with E-state index in [4.69, 9.17) is 10.2 Å². The van der Waals surface area contributed by atoms with Gasteiger partial charge < -0.3 is 15.5 Å². The van der Waals surface area contributed by atoms with Crippen LogP contribution >= 0.6 is 11.3 Å². The normalized spacial score (nSPS) is 12.3. The predicted molar refractivity (Wildman–Crippen MR) is 61.1 cm³/mol. The lowest BCUT2D eigenvalue weighted by Crippen LogP contribution is -2.26. The van der Waals surface area contributed by atoms with Crippen molar-refractivity contribution in [3.8, 4) is 0 Å². The third-order valence-electron chi connectivity index (χ3n) is 2.07. The van der Waals surface area contributed by atoms with Crippen LogP contribution < -0.4 is 11.1 Å². The van der Waals surface area contributed by atoms with Crippen molar-refractivity contribution < 1.29 is 9.21 Å². The first-order valence-electron chi connectivity index (χ1n) is 4.72. The van der Waals surface area contributed by atoms with Gasteiger partial charge in [-0.2, -0.15) is 0 Å². The fraction of sp³-hybridized carbons (Fsp3) is 0.200. The summed E-state index contributed by atoms with van der Waals surface area (Å²) < 4.78 is 5.18. The minimum atomic E-state index is -0.253. The molecule has 0 aliphatic rings. The summed E-state index contributed by atoms with van der Waals surface area (Å²) in [7, 11) is 0. The van der Waals surface area contributed by atoms with Gasteiger partial charge in [-0.1, -0.05) is 0 Å². The van der Waals surface area contributed by atoms with E-state index in [9.17, 15) is 4.79 Å². The SMILES string of the molecule is C[C@H](NC(=O)c1csc(N)n1)c1ccco1. The number of rotatable bonds is 3. The number of aromatic nitrogens is 1. The van der Waals surface area contributed by atoms with Gasteiger partial charge in [0.15, 0.2) is 5.13 Å². The Morgan fingerprint density at radius 1 is 1.69 bits per heavy atom. The standard InChI is InChI=1S/C10H11N3O2S/c1-6(8-3-2-4-15-8)12-9(14)7-5-16-10(11)13-7/h2-6H,1H3,(H2,11,13)(H,12,14)/t6-/m0/s1. The van der Waals surface area contributed by atoms with Crippen LogP contribution in [0, 0.1) is 0 Å². The fourth-order valence-corrected chi connectivity index (χ4v) is 1.81. The molecule has 0 aliphatic carbocycles. The zero-order chi connectivity index (χ0) is 11.5. The minimum Gasteiger partial charge on any atom is -0.467 e. The van der Waals surface area contributed by atoms with E-state index in [2.05, 4.69) is 10.3 Å². The molecule has 0 fully saturated rings. The highest BCUT2D eigenvalue weighted by atomic mass is 32.1. The fourth-order valence-electron chi connectivity index (χ4n) is 1.27. The van der Waals surface area contributed by atoms with Crippen molar-refractivity contribution in [3.05, 3.63) is 35.2 Å². The number of anilines is 1. The molecular formula is C10H11N3O2S. The molecule has 0 bridgehead atoms. The molecule has 0 aliphatic heterocycles. The first kappa shape index (κ1) is 10.7. The smallest absolute Gasteiger partial charge is 0.271 e. The highest BCUT2D eigenvalue weighted by Gasteiger charge is 2.15. The van der Waals surface area contributed by atoms with E-state index in [0.717, 1.165) is 0 Å². The molecule has 6 heteroatoms. The summed E-state index contributed by atoms with van der Waals surface area (Å²) in [6.45, 7) is 1.84. The Kier molecular flexibility index (Phi) is 2.91. The number of nitrogens with one attached hydrogen (secondary N) is 1. The van der Waals surface area contributed by atoms with Crippen molar-refractivity contribution >= 4 is 22.4 Å². The predicted octanol–water partition coefficient (Wildman–Crippen LogP) is 1.81. The number of nitrogens with zero attached hydrogens (tertiary/aromatic N) is 1. The first-order valence-corrected chi connectivity index (χ1v) is 5.60. The van der Waals surface area contributed by atoms with E-state index in [1.54, 1.807) is 23.8 Å². The summed E-state index contributed by atoms with van der Waals surface area (Å²) >= 11 is 1.24. The van der Waals surface area contributed by atoms with Gasteiger partial charge in [-0.3, -0.25) is 4.79 Å². The third-order valence-corrected chi connectivity index (χ3v) is 2.75. The van der Waals surface area contributed by atoms with Gasteiger partial charge >= 0.3 is 0 Å². The van der Waals surface area contributed by atoms with Crippen molar-refractivity contribution in [2.45, 2.75) is 13.0 Å². The zero-order valence-corrected chi connectivity index (χ0v) is 9.45. The number of nitrogen functional groups attached to an aromatic ring is 1. The molecule has 1 amide bonds. The van der Waals surface area contributed by atoms with E-state index < -0.39 is 0 Å². The second-order valence-electron chi connectivity index (χ2n) is 3.28. The lowest BCUT2D eigenvalue weighted by Gasteiger charge is -2.09. The lowest BCUT2D eigenvalue weighted by molar-refractivity contribution is 0.0931. The monoisotopic (exact) mass is 237 g/mol. The highest BCUT2D eigenvalue weighted by Crippen LogP contribution is 2.15. The number of hydrogen-bond acceptors (Lipinski definition) is 5. The van der Waals surface area contributed by atoms with Gasteiger partial charge in [0.2, 0.25) is 0 Å². The molecule has 0 unspecified atom stereocenters. The molecule has 5 nitrogen and oxygen atoms in total. The van der Waals surface area contributed by atoms with Crippen LogP contribution in [0.15, 0.2) is 28.2 Å². The maximum Gasteiger partial charge on any atom is 0.271 e. The third kappa shape index (κ3) is 2.22. The summed E-state index contributed by atoms with van der Waals surface area (Å²) in [6.07, 6.45) is 1.57. The Morgan fingerprint density at radius 3 is 3.06 bits per heavy atom. The number of nitrogens with two attached hydrogens (primary N) is 1. The van der Waals surface area contributed by atoms with Gasteiger partial charge in [0.25, 0.3) is 5.91 Å². The molecule has 0 radical (unpaired) electrons. The van der Waals surface area contributed by atoms with E-state index >= 15 is 0 Å². The van der Waals surface area contributed by atoms with Crippen LogP contribution in [-0.4, -0.2) is 10.9 Å². The van der Waals surface area contributed by atoms with Crippen LogP contribution in [0.2, 0.25) is 0 Å². The molecule has 84 valence electrons. The minimum absolute atomic E-state index is 0.189. The van der Waals surface area contributed by atoms with Crippen LogP contribution in [-0.2, 0) is 0 Å². The van der Waals surface area contributed by atoms with Gasteiger partial charge in [-0.25, -0.2) is 4.98 Å². The molecule has 16 heavy (non-hydrogen) atoms. The van der Waals surface area contributed by atoms with Crippen molar-refractivity contribution in [2.75, 3.05) is 5.73 Å². The Balaban J connectivity index is 2.03. The van der Waals surface area contributed by atoms with Crippen molar-refractivity contribution in [3.63, 3.8) is 0 Å². The summed E-state index contributed by atoms with van der Waals surface area (Å²) in [5.74, 6) is 0.452. The van der Waals surface area contributed by atoms with E-state index in [1.807, 2.05) is 6.92 Å². The Morgan fingerprint density at radius 2 is 2.50 bits per heavy atom. The Hall–Kier alpha value is -1.82. The molecule has 2 aromatic rings. The maximum atomic E-state index is 11.7. The van der Waals surface area contributed by atoms with Crippen LogP contribution in [0.25, 0.3) is 0 Å². The molecule has 2 rings (SSSR count). The molecule has 0 saturated carbocycles. The molecule has 0 aromatic carbocycles. The van der Waals surface area contributed by atoms with Gasteiger partial charge in [0.05, 0.1) is 12.3 Å². The number of hydrogen-bond donors (Lipinski definition) is 2. The molecule has 3 N–H and O–H groups in total. The topological polar surface area (TPSA) is 81.2 Å². The second-order valence-corrected chi connectivity index (χ2v) is 4.17. The molecular weight excluding hydrogens is 226 g/mol.